The number of imidazole rings is 1. The molecule has 5 N–H and O–H groups in total. The summed E-state index contributed by atoms with van der Waals surface area (Å²) in [5, 5.41) is 9.89. The predicted molar refractivity (Wildman–Crippen MR) is 121 cm³/mol. The van der Waals surface area contributed by atoms with E-state index in [-0.39, 0.29) is 17.1 Å². The molecule has 0 fully saturated rings. The standard InChI is InChI=1S/C24H22ClN3O3/c1-13-4-9-16(10-17(13)22(29)30)31-23-27-20-11-18(19(25)12-21(20)28-23)14-5-7-15(8-6-14)24(2,3)26/h4-12H,26H2,1-3H3,(H,27,28)(H,29,30)/p+1. The van der Waals surface area contributed by atoms with Gasteiger partial charge in [0.25, 0.3) is 6.01 Å². The minimum Gasteiger partial charge on any atom is -0.478 e. The molecule has 0 saturated heterocycles. The smallest absolute Gasteiger partial charge is 0.336 e. The zero-order valence-corrected chi connectivity index (χ0v) is 18.2. The molecule has 3 aromatic carbocycles. The molecule has 6 nitrogen and oxygen atoms in total. The summed E-state index contributed by atoms with van der Waals surface area (Å²) in [5.41, 5.74) is 9.26. The molecule has 0 spiro atoms. The fraction of sp³-hybridized carbons (Fsp3) is 0.167. The maximum absolute atomic E-state index is 11.4. The van der Waals surface area contributed by atoms with Crippen molar-refractivity contribution in [3.63, 3.8) is 0 Å². The Morgan fingerprint density at radius 3 is 2.48 bits per heavy atom. The summed E-state index contributed by atoms with van der Waals surface area (Å²) in [6.45, 7) is 5.88. The number of hydrogen-bond acceptors (Lipinski definition) is 3. The minimum atomic E-state index is -1.00. The highest BCUT2D eigenvalue weighted by Gasteiger charge is 2.18. The Bertz CT molecular complexity index is 1290. The second-order valence-electron chi connectivity index (χ2n) is 8.24. The van der Waals surface area contributed by atoms with Crippen molar-refractivity contribution in [2.24, 2.45) is 0 Å². The van der Waals surface area contributed by atoms with Gasteiger partial charge in [-0.2, -0.15) is 4.98 Å². The number of carboxylic acid groups (broad SMARTS) is 1. The fourth-order valence-corrected chi connectivity index (χ4v) is 3.66. The van der Waals surface area contributed by atoms with Crippen molar-refractivity contribution in [2.45, 2.75) is 26.3 Å². The lowest BCUT2D eigenvalue weighted by Crippen LogP contribution is -2.66. The first-order valence-electron chi connectivity index (χ1n) is 9.79. The molecule has 0 aliphatic carbocycles. The number of aromatic nitrogens is 2. The Hall–Kier alpha value is -3.35. The molecule has 31 heavy (non-hydrogen) atoms. The third kappa shape index (κ3) is 4.26. The van der Waals surface area contributed by atoms with Crippen molar-refractivity contribution in [3.8, 4) is 22.9 Å². The van der Waals surface area contributed by atoms with Gasteiger partial charge in [0.2, 0.25) is 0 Å². The monoisotopic (exact) mass is 436 g/mol. The van der Waals surface area contributed by atoms with E-state index in [1.165, 1.54) is 6.07 Å². The van der Waals surface area contributed by atoms with Gasteiger partial charge in [0.1, 0.15) is 11.3 Å². The van der Waals surface area contributed by atoms with E-state index in [4.69, 9.17) is 16.3 Å². The molecule has 158 valence electrons. The first-order chi connectivity index (χ1) is 14.6. The molecular weight excluding hydrogens is 414 g/mol. The summed E-state index contributed by atoms with van der Waals surface area (Å²) in [5.74, 6) is -0.614. The van der Waals surface area contributed by atoms with E-state index >= 15 is 0 Å². The first-order valence-corrected chi connectivity index (χ1v) is 10.2. The number of carboxylic acids is 1. The number of halogens is 1. The van der Waals surface area contributed by atoms with Crippen LogP contribution in [-0.2, 0) is 5.54 Å². The van der Waals surface area contributed by atoms with Gasteiger partial charge >= 0.3 is 5.97 Å². The molecule has 4 rings (SSSR count). The third-order valence-corrected chi connectivity index (χ3v) is 5.49. The Balaban J connectivity index is 1.66. The molecule has 4 aromatic rings. The fourth-order valence-electron chi connectivity index (χ4n) is 3.38. The van der Waals surface area contributed by atoms with Gasteiger partial charge in [-0.25, -0.2) is 4.79 Å². The van der Waals surface area contributed by atoms with Crippen LogP contribution >= 0.6 is 11.6 Å². The number of carbonyl (C=O) groups is 1. The Kier molecular flexibility index (Phi) is 5.21. The average molecular weight is 437 g/mol. The number of H-pyrrole nitrogens is 1. The van der Waals surface area contributed by atoms with Gasteiger partial charge in [-0.05, 0) is 56.2 Å². The molecule has 0 amide bonds. The van der Waals surface area contributed by atoms with Crippen LogP contribution in [0.2, 0.25) is 5.02 Å². The largest absolute Gasteiger partial charge is 0.478 e. The Morgan fingerprint density at radius 2 is 1.84 bits per heavy atom. The van der Waals surface area contributed by atoms with Crippen molar-refractivity contribution < 1.29 is 20.4 Å². The number of quaternary nitrogens is 1. The van der Waals surface area contributed by atoms with Crippen LogP contribution in [0.5, 0.6) is 11.8 Å². The predicted octanol–water partition coefficient (Wildman–Crippen LogP) is 5.16. The number of aromatic carboxylic acids is 1. The van der Waals surface area contributed by atoms with Gasteiger partial charge in [-0.3, -0.25) is 0 Å². The number of nitrogens with zero attached hydrogens (tertiary/aromatic N) is 1. The summed E-state index contributed by atoms with van der Waals surface area (Å²) < 4.78 is 5.77. The summed E-state index contributed by atoms with van der Waals surface area (Å²) in [7, 11) is 0. The number of nitrogens with one attached hydrogen (secondary N) is 1. The van der Waals surface area contributed by atoms with Crippen LogP contribution in [-0.4, -0.2) is 21.0 Å². The van der Waals surface area contributed by atoms with Gasteiger partial charge in [0, 0.05) is 11.1 Å². The zero-order valence-electron chi connectivity index (χ0n) is 17.5. The molecule has 0 atom stereocenters. The van der Waals surface area contributed by atoms with Crippen molar-refractivity contribution >= 4 is 28.6 Å². The molecule has 0 aliphatic heterocycles. The molecule has 0 radical (unpaired) electrons. The Labute approximate surface area is 184 Å². The highest BCUT2D eigenvalue weighted by Crippen LogP contribution is 2.34. The van der Waals surface area contributed by atoms with Crippen LogP contribution in [0.15, 0.2) is 54.6 Å². The lowest BCUT2D eigenvalue weighted by molar-refractivity contribution is -0.475. The molecule has 0 unspecified atom stereocenters. The van der Waals surface area contributed by atoms with Crippen LogP contribution in [0.3, 0.4) is 0 Å². The van der Waals surface area contributed by atoms with E-state index < -0.39 is 5.97 Å². The molecule has 0 saturated carbocycles. The summed E-state index contributed by atoms with van der Waals surface area (Å²) in [6.07, 6.45) is 0. The number of hydrogen-bond donors (Lipinski definition) is 3. The normalized spacial score (nSPS) is 11.6. The van der Waals surface area contributed by atoms with E-state index in [0.717, 1.165) is 22.2 Å². The number of aryl methyl sites for hydroxylation is 1. The number of ether oxygens (including phenoxy) is 1. The van der Waals surface area contributed by atoms with Crippen LogP contribution in [0.25, 0.3) is 22.2 Å². The maximum atomic E-state index is 11.4. The van der Waals surface area contributed by atoms with Crippen LogP contribution < -0.4 is 10.5 Å². The summed E-state index contributed by atoms with van der Waals surface area (Å²) in [6, 6.07) is 17.0. The molecular formula is C24H23ClN3O3+. The van der Waals surface area contributed by atoms with E-state index in [1.54, 1.807) is 19.1 Å². The molecule has 1 heterocycles. The first kappa shape index (κ1) is 20.9. The minimum absolute atomic E-state index is 0.169. The van der Waals surface area contributed by atoms with Gasteiger partial charge in [-0.15, -0.1) is 0 Å². The van der Waals surface area contributed by atoms with Gasteiger partial charge < -0.3 is 20.6 Å². The molecule has 0 bridgehead atoms. The quantitative estimate of drug-likeness (QED) is 0.402. The lowest BCUT2D eigenvalue weighted by atomic mass is 9.93. The van der Waals surface area contributed by atoms with Gasteiger partial charge in [0.15, 0.2) is 0 Å². The van der Waals surface area contributed by atoms with Gasteiger partial charge in [0.05, 0.1) is 21.6 Å². The number of aromatic amines is 1. The van der Waals surface area contributed by atoms with Crippen molar-refractivity contribution in [1.82, 2.24) is 9.97 Å². The van der Waals surface area contributed by atoms with Crippen molar-refractivity contribution in [3.05, 3.63) is 76.3 Å². The van der Waals surface area contributed by atoms with Gasteiger partial charge in [-0.1, -0.05) is 41.9 Å². The maximum Gasteiger partial charge on any atom is 0.336 e. The highest BCUT2D eigenvalue weighted by molar-refractivity contribution is 6.34. The number of fused-ring (bicyclic) bond motifs is 1. The lowest BCUT2D eigenvalue weighted by Gasteiger charge is -2.15. The van der Waals surface area contributed by atoms with Crippen molar-refractivity contribution in [2.75, 3.05) is 0 Å². The van der Waals surface area contributed by atoms with E-state index in [9.17, 15) is 9.90 Å². The van der Waals surface area contributed by atoms with Crippen LogP contribution in [0.4, 0.5) is 0 Å². The molecule has 1 aromatic heterocycles. The average Bonchev–Trinajstić information content (AvgIpc) is 3.09. The second-order valence-corrected chi connectivity index (χ2v) is 8.64. The highest BCUT2D eigenvalue weighted by atomic mass is 35.5. The van der Waals surface area contributed by atoms with Crippen molar-refractivity contribution in [1.29, 1.82) is 0 Å². The molecule has 0 aliphatic rings. The SMILES string of the molecule is Cc1ccc(Oc2nc3cc(-c4ccc(C(C)(C)[NH3+])cc4)c(Cl)cc3[nH]2)cc1C(=O)O. The number of benzene rings is 3. The van der Waals surface area contributed by atoms with Crippen LogP contribution in [0.1, 0.15) is 35.3 Å². The molecule has 7 heteroatoms. The van der Waals surface area contributed by atoms with E-state index in [1.807, 2.05) is 24.3 Å². The summed E-state index contributed by atoms with van der Waals surface area (Å²) in [4.78, 5) is 18.9. The van der Waals surface area contributed by atoms with Crippen LogP contribution in [0, 0.1) is 6.92 Å². The number of rotatable bonds is 5. The van der Waals surface area contributed by atoms with E-state index in [0.29, 0.717) is 21.9 Å². The second kappa shape index (κ2) is 7.72. The van der Waals surface area contributed by atoms with E-state index in [2.05, 4.69) is 41.7 Å². The Morgan fingerprint density at radius 1 is 1.13 bits per heavy atom. The topological polar surface area (TPSA) is 103 Å². The summed E-state index contributed by atoms with van der Waals surface area (Å²) >= 11 is 6.54. The zero-order chi connectivity index (χ0) is 22.3. The third-order valence-electron chi connectivity index (χ3n) is 5.18.